The molecule has 0 amide bonds. The highest BCUT2D eigenvalue weighted by Gasteiger charge is 2.06. The molecule has 0 bridgehead atoms. The molecule has 0 aliphatic rings. The number of aryl methyl sites for hydroxylation is 1. The van der Waals surface area contributed by atoms with Crippen LogP contribution in [0, 0.1) is 6.92 Å². The highest BCUT2D eigenvalue weighted by atomic mass is 15.2. The van der Waals surface area contributed by atoms with Crippen molar-refractivity contribution in [1.82, 2.24) is 15.0 Å². The van der Waals surface area contributed by atoms with Crippen LogP contribution in [0.25, 0.3) is 0 Å². The fraction of sp³-hybridized carbons (Fsp3) is 0.357. The fourth-order valence-corrected chi connectivity index (χ4v) is 1.90. The Morgan fingerprint density at radius 3 is 2.89 bits per heavy atom. The van der Waals surface area contributed by atoms with E-state index in [0.717, 1.165) is 24.5 Å². The number of nitrogens with two attached hydrogens (primary N) is 1. The van der Waals surface area contributed by atoms with E-state index >= 15 is 0 Å². The van der Waals surface area contributed by atoms with Crippen LogP contribution < -0.4 is 10.6 Å². The number of hydrogen-bond acceptors (Lipinski definition) is 5. The zero-order chi connectivity index (χ0) is 13.7. The summed E-state index contributed by atoms with van der Waals surface area (Å²) in [7, 11) is 2.02. The number of aromatic nitrogens is 3. The van der Waals surface area contributed by atoms with Crippen molar-refractivity contribution in [3.63, 3.8) is 0 Å². The maximum atomic E-state index is 5.55. The van der Waals surface area contributed by atoms with E-state index in [2.05, 4.69) is 26.8 Å². The summed E-state index contributed by atoms with van der Waals surface area (Å²) in [6, 6.07) is 4.03. The molecule has 0 saturated heterocycles. The third kappa shape index (κ3) is 3.48. The second-order valence-corrected chi connectivity index (χ2v) is 4.56. The van der Waals surface area contributed by atoms with E-state index in [4.69, 9.17) is 5.73 Å². The molecule has 19 heavy (non-hydrogen) atoms. The smallest absolute Gasteiger partial charge is 0.132 e. The number of nitrogens with zero attached hydrogens (tertiary/aromatic N) is 4. The number of anilines is 1. The Morgan fingerprint density at radius 2 is 2.16 bits per heavy atom. The van der Waals surface area contributed by atoms with Gasteiger partial charge in [0.2, 0.25) is 0 Å². The fourth-order valence-electron chi connectivity index (χ4n) is 1.90. The average Bonchev–Trinajstić information content (AvgIpc) is 2.42. The molecule has 0 spiro atoms. The molecule has 0 atom stereocenters. The van der Waals surface area contributed by atoms with Gasteiger partial charge in [0.05, 0.1) is 0 Å². The monoisotopic (exact) mass is 257 g/mol. The first-order valence-electron chi connectivity index (χ1n) is 6.32. The average molecular weight is 257 g/mol. The van der Waals surface area contributed by atoms with Crippen LogP contribution in [-0.4, -0.2) is 28.5 Å². The molecule has 0 aliphatic carbocycles. The number of rotatable bonds is 5. The lowest BCUT2D eigenvalue weighted by Crippen LogP contribution is -2.19. The summed E-state index contributed by atoms with van der Waals surface area (Å²) in [5.74, 6) is 0.912. The first-order valence-corrected chi connectivity index (χ1v) is 6.32. The van der Waals surface area contributed by atoms with Crippen LogP contribution in [-0.2, 0) is 13.0 Å². The molecule has 0 aromatic carbocycles. The van der Waals surface area contributed by atoms with Gasteiger partial charge in [0, 0.05) is 44.2 Å². The molecule has 2 heterocycles. The largest absolute Gasteiger partial charge is 0.355 e. The highest BCUT2D eigenvalue weighted by Crippen LogP contribution is 2.14. The summed E-state index contributed by atoms with van der Waals surface area (Å²) in [6.07, 6.45) is 6.06. The predicted molar refractivity (Wildman–Crippen MR) is 75.9 cm³/mol. The van der Waals surface area contributed by atoms with E-state index < -0.39 is 0 Å². The quantitative estimate of drug-likeness (QED) is 0.875. The SMILES string of the molecule is Cc1cnccc1CN(C)c1cc(CCN)ncn1. The van der Waals surface area contributed by atoms with Gasteiger partial charge < -0.3 is 10.6 Å². The first kappa shape index (κ1) is 13.4. The van der Waals surface area contributed by atoms with Crippen molar-refractivity contribution in [2.75, 3.05) is 18.5 Å². The van der Waals surface area contributed by atoms with Crippen LogP contribution in [0.4, 0.5) is 5.82 Å². The van der Waals surface area contributed by atoms with Gasteiger partial charge in [-0.15, -0.1) is 0 Å². The maximum absolute atomic E-state index is 5.55. The molecule has 5 nitrogen and oxygen atoms in total. The van der Waals surface area contributed by atoms with Gasteiger partial charge >= 0.3 is 0 Å². The Balaban J connectivity index is 2.13. The van der Waals surface area contributed by atoms with Gasteiger partial charge in [0.15, 0.2) is 0 Å². The molecule has 0 fully saturated rings. The minimum atomic E-state index is 0.601. The predicted octanol–water partition coefficient (Wildman–Crippen LogP) is 1.32. The van der Waals surface area contributed by atoms with Crippen LogP contribution in [0.1, 0.15) is 16.8 Å². The van der Waals surface area contributed by atoms with Gasteiger partial charge in [0.25, 0.3) is 0 Å². The lowest BCUT2D eigenvalue weighted by atomic mass is 10.1. The van der Waals surface area contributed by atoms with Crippen molar-refractivity contribution >= 4 is 5.82 Å². The summed E-state index contributed by atoms with van der Waals surface area (Å²) < 4.78 is 0. The van der Waals surface area contributed by atoms with E-state index in [1.54, 1.807) is 6.33 Å². The van der Waals surface area contributed by atoms with Crippen LogP contribution in [0.2, 0.25) is 0 Å². The van der Waals surface area contributed by atoms with Gasteiger partial charge in [0.1, 0.15) is 12.1 Å². The van der Waals surface area contributed by atoms with Crippen LogP contribution in [0.5, 0.6) is 0 Å². The van der Waals surface area contributed by atoms with Crippen LogP contribution in [0.3, 0.4) is 0 Å². The zero-order valence-electron chi connectivity index (χ0n) is 11.4. The summed E-state index contributed by atoms with van der Waals surface area (Å²) in [4.78, 5) is 14.7. The number of pyridine rings is 1. The molecule has 2 N–H and O–H groups in total. The summed E-state index contributed by atoms with van der Waals surface area (Å²) >= 11 is 0. The van der Waals surface area contributed by atoms with E-state index in [-0.39, 0.29) is 0 Å². The van der Waals surface area contributed by atoms with E-state index in [9.17, 15) is 0 Å². The minimum Gasteiger partial charge on any atom is -0.355 e. The Bertz CT molecular complexity index is 541. The Labute approximate surface area is 113 Å². The molecule has 2 aromatic rings. The maximum Gasteiger partial charge on any atom is 0.132 e. The minimum absolute atomic E-state index is 0.601. The second kappa shape index (κ2) is 6.24. The van der Waals surface area contributed by atoms with E-state index in [0.29, 0.717) is 6.54 Å². The molecule has 100 valence electrons. The second-order valence-electron chi connectivity index (χ2n) is 4.56. The molecule has 5 heteroatoms. The molecular formula is C14H19N5. The number of hydrogen-bond donors (Lipinski definition) is 1. The van der Waals surface area contributed by atoms with Gasteiger partial charge in [-0.3, -0.25) is 4.98 Å². The Hall–Kier alpha value is -2.01. The van der Waals surface area contributed by atoms with Gasteiger partial charge in [-0.25, -0.2) is 9.97 Å². The molecule has 0 unspecified atom stereocenters. The molecule has 0 saturated carbocycles. The van der Waals surface area contributed by atoms with Crippen molar-refractivity contribution in [1.29, 1.82) is 0 Å². The van der Waals surface area contributed by atoms with Gasteiger partial charge in [-0.1, -0.05) is 0 Å². The van der Waals surface area contributed by atoms with E-state index in [1.807, 2.05) is 31.6 Å². The van der Waals surface area contributed by atoms with Crippen molar-refractivity contribution in [3.8, 4) is 0 Å². The zero-order valence-corrected chi connectivity index (χ0v) is 11.4. The van der Waals surface area contributed by atoms with Crippen LogP contribution >= 0.6 is 0 Å². The summed E-state index contributed by atoms with van der Waals surface area (Å²) in [6.45, 7) is 3.47. The third-order valence-corrected chi connectivity index (χ3v) is 3.04. The van der Waals surface area contributed by atoms with Crippen molar-refractivity contribution < 1.29 is 0 Å². The Morgan fingerprint density at radius 1 is 1.32 bits per heavy atom. The molecule has 2 rings (SSSR count). The molecule has 0 radical (unpaired) electrons. The molecule has 0 aliphatic heterocycles. The summed E-state index contributed by atoms with van der Waals surface area (Å²) in [5.41, 5.74) is 8.96. The Kier molecular flexibility index (Phi) is 4.41. The lowest BCUT2D eigenvalue weighted by molar-refractivity contribution is 0.858. The highest BCUT2D eigenvalue weighted by molar-refractivity contribution is 5.39. The normalized spacial score (nSPS) is 10.5. The topological polar surface area (TPSA) is 67.9 Å². The van der Waals surface area contributed by atoms with Gasteiger partial charge in [-0.2, -0.15) is 0 Å². The van der Waals surface area contributed by atoms with E-state index in [1.165, 1.54) is 11.1 Å². The van der Waals surface area contributed by atoms with Crippen molar-refractivity contribution in [3.05, 3.63) is 47.7 Å². The molecule has 2 aromatic heterocycles. The van der Waals surface area contributed by atoms with Crippen molar-refractivity contribution in [2.45, 2.75) is 19.9 Å². The standard InChI is InChI=1S/C14H19N5/c1-11-8-16-6-4-12(11)9-19(2)14-7-13(3-5-15)17-10-18-14/h4,6-8,10H,3,5,9,15H2,1-2H3. The van der Waals surface area contributed by atoms with Crippen LogP contribution in [0.15, 0.2) is 30.9 Å². The lowest BCUT2D eigenvalue weighted by Gasteiger charge is -2.19. The van der Waals surface area contributed by atoms with Crippen molar-refractivity contribution in [2.24, 2.45) is 5.73 Å². The first-order chi connectivity index (χ1) is 9.20. The third-order valence-electron chi connectivity index (χ3n) is 3.04. The van der Waals surface area contributed by atoms with Gasteiger partial charge in [-0.05, 0) is 30.7 Å². The summed E-state index contributed by atoms with van der Waals surface area (Å²) in [5, 5.41) is 0. The molecular weight excluding hydrogens is 238 g/mol.